The summed E-state index contributed by atoms with van der Waals surface area (Å²) in [5, 5.41) is 4.05. The monoisotopic (exact) mass is 586 g/mol. The Bertz CT molecular complexity index is 651. The molecule has 1 aliphatic heterocycles. The molecule has 2 atom stereocenters. The van der Waals surface area contributed by atoms with E-state index in [9.17, 15) is 4.79 Å². The number of carbonyl (C=O) groups is 1. The number of carbonyl (C=O) groups excluding carboxylic acids is 1. The Balaban J connectivity index is -0.000000573. The van der Waals surface area contributed by atoms with Gasteiger partial charge >= 0.3 is 32.7 Å². The van der Waals surface area contributed by atoms with E-state index in [0.29, 0.717) is 17.8 Å². The number of hydroxylamine groups is 4. The van der Waals surface area contributed by atoms with Crippen molar-refractivity contribution in [2.24, 2.45) is 11.3 Å². The molecule has 5 nitrogen and oxygen atoms in total. The van der Waals surface area contributed by atoms with Crippen molar-refractivity contribution in [3.05, 3.63) is 20.8 Å². The fourth-order valence-corrected chi connectivity index (χ4v) is 5.42. The average molecular weight is 587 g/mol. The largest absolute Gasteiger partial charge is 3.00 e. The summed E-state index contributed by atoms with van der Waals surface area (Å²) in [7, 11) is 0. The van der Waals surface area contributed by atoms with Crippen LogP contribution in [0.4, 0.5) is 0 Å². The SMILES string of the molecule is CC(C)ON1C(C)(C)CC(C)(C)C(C)C1(C)C.[CH2-]C(C)(C)N(OC(C)C(=O)CC)C(C)(C)[CH-]C.[CH3-].[Y+3]. The van der Waals surface area contributed by atoms with Crippen molar-refractivity contribution in [1.29, 1.82) is 0 Å². The van der Waals surface area contributed by atoms with Crippen molar-refractivity contribution in [3.63, 3.8) is 0 Å². The maximum atomic E-state index is 11.6. The van der Waals surface area contributed by atoms with Crippen molar-refractivity contribution in [2.75, 3.05) is 0 Å². The number of ketones is 1. The Labute approximate surface area is 252 Å². The third-order valence-electron chi connectivity index (χ3n) is 7.35. The van der Waals surface area contributed by atoms with Crippen molar-refractivity contribution in [3.8, 4) is 0 Å². The molecule has 6 heteroatoms. The first-order valence-corrected chi connectivity index (χ1v) is 13.1. The quantitative estimate of drug-likeness (QED) is 0.203. The van der Waals surface area contributed by atoms with Crippen LogP contribution in [-0.2, 0) is 47.2 Å². The molecular weight excluding hydrogens is 525 g/mol. The van der Waals surface area contributed by atoms with Crippen LogP contribution in [0.3, 0.4) is 0 Å². The molecule has 212 valence electrons. The van der Waals surface area contributed by atoms with E-state index in [4.69, 9.17) is 9.68 Å². The molecule has 1 heterocycles. The summed E-state index contributed by atoms with van der Waals surface area (Å²) in [6.45, 7) is 38.3. The van der Waals surface area contributed by atoms with E-state index >= 15 is 0 Å². The second-order valence-electron chi connectivity index (χ2n) is 13.4. The number of nitrogens with zero attached hydrogens (tertiary/aromatic N) is 2. The van der Waals surface area contributed by atoms with Gasteiger partial charge in [0, 0.05) is 17.5 Å². The van der Waals surface area contributed by atoms with E-state index in [0.717, 1.165) is 6.42 Å². The topological polar surface area (TPSA) is 42.0 Å². The average Bonchev–Trinajstić information content (AvgIpc) is 2.66. The molecule has 0 aromatic heterocycles. The Hall–Kier alpha value is 0.614. The predicted octanol–water partition coefficient (Wildman–Crippen LogP) is 7.90. The molecule has 0 amide bonds. The van der Waals surface area contributed by atoms with Crippen LogP contribution in [0, 0.1) is 32.1 Å². The maximum Gasteiger partial charge on any atom is 3.00 e. The first kappa shape index (κ1) is 41.1. The number of Topliss-reactive ketones (excluding diaryl/α,β-unsaturated/α-hetero) is 1. The molecule has 1 fully saturated rings. The summed E-state index contributed by atoms with van der Waals surface area (Å²) in [5.74, 6) is 0.702. The van der Waals surface area contributed by atoms with Gasteiger partial charge in [0.2, 0.25) is 0 Å². The molecule has 0 aliphatic carbocycles. The van der Waals surface area contributed by atoms with Gasteiger partial charge in [-0.25, -0.2) is 5.06 Å². The normalized spacial score (nSPS) is 22.1. The molecule has 0 N–H and O–H groups in total. The third-order valence-corrected chi connectivity index (χ3v) is 7.35. The van der Waals surface area contributed by atoms with Gasteiger partial charge in [0.25, 0.3) is 0 Å². The first-order chi connectivity index (χ1) is 15.0. The van der Waals surface area contributed by atoms with Crippen LogP contribution in [0.2, 0.25) is 0 Å². The molecule has 0 aromatic rings. The van der Waals surface area contributed by atoms with Crippen LogP contribution in [0.15, 0.2) is 0 Å². The number of hydrogen-bond acceptors (Lipinski definition) is 5. The second-order valence-corrected chi connectivity index (χ2v) is 13.4. The Kier molecular flexibility index (Phi) is 16.9. The van der Waals surface area contributed by atoms with Gasteiger partial charge in [-0.05, 0) is 66.2 Å². The van der Waals surface area contributed by atoms with E-state index in [2.05, 4.69) is 74.3 Å². The van der Waals surface area contributed by atoms with Crippen molar-refractivity contribution < 1.29 is 47.2 Å². The molecule has 0 spiro atoms. The molecule has 1 saturated heterocycles. The first-order valence-electron chi connectivity index (χ1n) is 13.1. The summed E-state index contributed by atoms with van der Waals surface area (Å²) in [6, 6.07) is 0. The van der Waals surface area contributed by atoms with Crippen LogP contribution in [-0.4, -0.2) is 50.3 Å². The van der Waals surface area contributed by atoms with Gasteiger partial charge in [-0.15, -0.1) is 0 Å². The van der Waals surface area contributed by atoms with Crippen LogP contribution in [0.5, 0.6) is 0 Å². The Morgan fingerprint density at radius 2 is 1.56 bits per heavy atom. The fourth-order valence-electron chi connectivity index (χ4n) is 5.42. The predicted molar refractivity (Wildman–Crippen MR) is 151 cm³/mol. The molecule has 0 aromatic carbocycles. The minimum Gasteiger partial charge on any atom is -0.358 e. The van der Waals surface area contributed by atoms with Crippen molar-refractivity contribution >= 4 is 5.78 Å². The van der Waals surface area contributed by atoms with E-state index in [-0.39, 0.29) is 68.6 Å². The zero-order valence-corrected chi connectivity index (χ0v) is 30.0. The van der Waals surface area contributed by atoms with Gasteiger partial charge in [-0.2, -0.15) is 12.0 Å². The Morgan fingerprint density at radius 3 is 1.89 bits per heavy atom. The third kappa shape index (κ3) is 11.0. The van der Waals surface area contributed by atoms with Gasteiger partial charge < -0.3 is 20.8 Å². The zero-order valence-electron chi connectivity index (χ0n) is 27.1. The van der Waals surface area contributed by atoms with Crippen LogP contribution in [0.25, 0.3) is 0 Å². The van der Waals surface area contributed by atoms with Crippen LogP contribution >= 0.6 is 0 Å². The smallest absolute Gasteiger partial charge is 0.358 e. The van der Waals surface area contributed by atoms with Gasteiger partial charge in [0.15, 0.2) is 5.78 Å². The molecule has 36 heavy (non-hydrogen) atoms. The summed E-state index contributed by atoms with van der Waals surface area (Å²) < 4.78 is 0. The van der Waals surface area contributed by atoms with Gasteiger partial charge in [-0.1, -0.05) is 66.5 Å². The van der Waals surface area contributed by atoms with Gasteiger partial charge in [0.1, 0.15) is 6.10 Å². The Morgan fingerprint density at radius 1 is 1.11 bits per heavy atom. The summed E-state index contributed by atoms with van der Waals surface area (Å²) in [5.41, 5.74) is -0.172. The van der Waals surface area contributed by atoms with Crippen LogP contribution in [0.1, 0.15) is 124 Å². The van der Waals surface area contributed by atoms with E-state index in [1.54, 1.807) is 12.0 Å². The standard InChI is InChI=1S/C15H31NO.C14H27NO2.CH3.Y/c1-11(2)17-16-14(6,7)10-13(4,5)12(3)15(16,8)9;1-9-12(16)11(3)17-15(13(4,5)6)14(7,8)10-2;;/h11-12H,10H2,1-9H3;10-11H,4,9H2,1-3,5-8H3;1H3;/q;-2;-1;+3. The molecular formula is C30H61N2O3Y. The zero-order chi connectivity index (χ0) is 27.5. The van der Waals surface area contributed by atoms with Crippen molar-refractivity contribution in [1.82, 2.24) is 10.1 Å². The maximum absolute atomic E-state index is 11.6. The summed E-state index contributed by atoms with van der Waals surface area (Å²) in [4.78, 5) is 23.5. The summed E-state index contributed by atoms with van der Waals surface area (Å²) in [6.07, 6.45) is 3.51. The second kappa shape index (κ2) is 14.8. The van der Waals surface area contributed by atoms with Gasteiger partial charge in [0.05, 0.1) is 6.10 Å². The molecule has 0 radical (unpaired) electrons. The van der Waals surface area contributed by atoms with E-state index in [1.165, 1.54) is 0 Å². The molecule has 2 unspecified atom stereocenters. The molecule has 0 saturated carbocycles. The van der Waals surface area contributed by atoms with Crippen LogP contribution < -0.4 is 0 Å². The summed E-state index contributed by atoms with van der Waals surface area (Å²) >= 11 is 0. The number of piperidine rings is 1. The van der Waals surface area contributed by atoms with Gasteiger partial charge in [-0.3, -0.25) is 14.5 Å². The minimum atomic E-state index is -0.430. The number of rotatable bonds is 9. The van der Waals surface area contributed by atoms with Crippen molar-refractivity contribution in [2.45, 2.75) is 158 Å². The molecule has 0 bridgehead atoms. The number of hydrogen-bond donors (Lipinski definition) is 0. The molecule has 1 rings (SSSR count). The molecule has 1 aliphatic rings. The van der Waals surface area contributed by atoms with E-state index in [1.807, 2.05) is 48.0 Å². The fraction of sp³-hybridized carbons (Fsp3) is 0.867. The van der Waals surface area contributed by atoms with E-state index < -0.39 is 11.6 Å². The minimum absolute atomic E-state index is 0.